The van der Waals surface area contributed by atoms with Crippen LogP contribution in [-0.4, -0.2) is 37.3 Å². The van der Waals surface area contributed by atoms with Gasteiger partial charge in [-0.25, -0.2) is 8.42 Å². The van der Waals surface area contributed by atoms with Crippen LogP contribution in [0.15, 0.2) is 47.4 Å². The van der Waals surface area contributed by atoms with Crippen LogP contribution in [0, 0.1) is 6.92 Å². The predicted molar refractivity (Wildman–Crippen MR) is 124 cm³/mol. The minimum atomic E-state index is -3.60. The zero-order valence-electron chi connectivity index (χ0n) is 19.1. The summed E-state index contributed by atoms with van der Waals surface area (Å²) in [6.45, 7) is 7.05. The highest BCUT2D eigenvalue weighted by molar-refractivity contribution is 7.89. The Morgan fingerprint density at radius 1 is 1.12 bits per heavy atom. The molecule has 1 N–H and O–H groups in total. The van der Waals surface area contributed by atoms with Crippen molar-refractivity contribution in [2.24, 2.45) is 0 Å². The van der Waals surface area contributed by atoms with E-state index in [1.807, 2.05) is 24.3 Å². The third-order valence-electron chi connectivity index (χ3n) is 6.92. The van der Waals surface area contributed by atoms with Gasteiger partial charge in [0.05, 0.1) is 10.9 Å². The fourth-order valence-electron chi connectivity index (χ4n) is 4.76. The van der Waals surface area contributed by atoms with Crippen molar-refractivity contribution in [3.8, 4) is 5.75 Å². The molecule has 0 saturated carbocycles. The van der Waals surface area contributed by atoms with Crippen molar-refractivity contribution in [1.29, 1.82) is 0 Å². The molecule has 2 aliphatic heterocycles. The van der Waals surface area contributed by atoms with E-state index in [1.165, 1.54) is 10.4 Å². The molecule has 6 nitrogen and oxygen atoms in total. The Labute approximate surface area is 191 Å². The zero-order chi connectivity index (χ0) is 22.9. The van der Waals surface area contributed by atoms with Crippen molar-refractivity contribution >= 4 is 15.9 Å². The lowest BCUT2D eigenvalue weighted by Crippen LogP contribution is -2.44. The van der Waals surface area contributed by atoms with Gasteiger partial charge in [0, 0.05) is 30.6 Å². The molecular weight excluding hydrogens is 424 g/mol. The van der Waals surface area contributed by atoms with Gasteiger partial charge in [-0.3, -0.25) is 4.79 Å². The first kappa shape index (κ1) is 22.8. The summed E-state index contributed by atoms with van der Waals surface area (Å²) in [7, 11) is -3.60. The number of carbonyl (C=O) groups excluding carboxylic acids is 1. The highest BCUT2D eigenvalue weighted by Gasteiger charge is 2.39. The number of benzene rings is 2. The van der Waals surface area contributed by atoms with E-state index < -0.39 is 10.0 Å². The molecule has 2 aliphatic rings. The van der Waals surface area contributed by atoms with Gasteiger partial charge >= 0.3 is 0 Å². The predicted octanol–water partition coefficient (Wildman–Crippen LogP) is 4.59. The third-order valence-corrected chi connectivity index (χ3v) is 8.96. The molecule has 1 fully saturated rings. The van der Waals surface area contributed by atoms with Crippen LogP contribution < -0.4 is 10.1 Å². The minimum absolute atomic E-state index is 0.202. The first-order chi connectivity index (χ1) is 15.3. The number of rotatable bonds is 6. The molecule has 2 aromatic rings. The van der Waals surface area contributed by atoms with Crippen LogP contribution in [0.2, 0.25) is 0 Å². The van der Waals surface area contributed by atoms with Crippen LogP contribution in [0.3, 0.4) is 0 Å². The number of para-hydroxylation sites is 1. The molecule has 0 aromatic heterocycles. The summed E-state index contributed by atoms with van der Waals surface area (Å²) in [5.74, 6) is 0.527. The van der Waals surface area contributed by atoms with E-state index in [0.29, 0.717) is 30.6 Å². The van der Waals surface area contributed by atoms with Crippen molar-refractivity contribution in [3.63, 3.8) is 0 Å². The number of fused-ring (bicyclic) bond motifs is 1. The fourth-order valence-corrected chi connectivity index (χ4v) is 6.53. The maximum absolute atomic E-state index is 13.3. The zero-order valence-corrected chi connectivity index (χ0v) is 19.9. The van der Waals surface area contributed by atoms with Crippen LogP contribution in [-0.2, 0) is 10.0 Å². The lowest BCUT2D eigenvalue weighted by molar-refractivity contribution is 0.0227. The molecule has 0 aliphatic carbocycles. The minimum Gasteiger partial charge on any atom is -0.487 e. The first-order valence-corrected chi connectivity index (χ1v) is 12.9. The molecule has 1 amide bonds. The molecule has 32 heavy (non-hydrogen) atoms. The Morgan fingerprint density at radius 3 is 2.50 bits per heavy atom. The molecule has 7 heteroatoms. The van der Waals surface area contributed by atoms with Crippen molar-refractivity contribution in [2.45, 2.75) is 69.4 Å². The van der Waals surface area contributed by atoms with Gasteiger partial charge in [-0.1, -0.05) is 38.1 Å². The second-order valence-corrected chi connectivity index (χ2v) is 10.8. The van der Waals surface area contributed by atoms with Crippen molar-refractivity contribution in [1.82, 2.24) is 9.62 Å². The van der Waals surface area contributed by atoms with E-state index in [2.05, 4.69) is 19.2 Å². The van der Waals surface area contributed by atoms with Crippen LogP contribution >= 0.6 is 0 Å². The van der Waals surface area contributed by atoms with Crippen LogP contribution in [0.5, 0.6) is 5.75 Å². The molecule has 0 unspecified atom stereocenters. The van der Waals surface area contributed by atoms with Crippen molar-refractivity contribution < 1.29 is 17.9 Å². The van der Waals surface area contributed by atoms with Gasteiger partial charge in [0.2, 0.25) is 10.0 Å². The second-order valence-electron chi connectivity index (χ2n) is 8.85. The Hall–Kier alpha value is -2.38. The summed E-state index contributed by atoms with van der Waals surface area (Å²) in [5.41, 5.74) is 1.64. The van der Waals surface area contributed by atoms with Gasteiger partial charge in [0.15, 0.2) is 0 Å². The molecule has 4 rings (SSSR count). The topological polar surface area (TPSA) is 75.7 Å². The van der Waals surface area contributed by atoms with E-state index in [9.17, 15) is 13.2 Å². The fraction of sp³-hybridized carbons (Fsp3) is 0.480. The largest absolute Gasteiger partial charge is 0.487 e. The number of amides is 1. The summed E-state index contributed by atoms with van der Waals surface area (Å²) in [6.07, 6.45) is 4.10. The van der Waals surface area contributed by atoms with Crippen molar-refractivity contribution in [2.75, 3.05) is 13.1 Å². The van der Waals surface area contributed by atoms with E-state index in [4.69, 9.17) is 4.74 Å². The maximum Gasteiger partial charge on any atom is 0.251 e. The Balaban J connectivity index is 1.63. The summed E-state index contributed by atoms with van der Waals surface area (Å²) < 4.78 is 34.1. The average Bonchev–Trinajstić information content (AvgIpc) is 3.35. The van der Waals surface area contributed by atoms with Crippen LogP contribution in [0.1, 0.15) is 73.5 Å². The standard InChI is InChI=1S/C25H32N2O4S/c1-4-25(5-2)17-21(20-10-6-7-11-22(20)31-25)26-24(28)19-13-12-18(3)23(16-19)32(29,30)27-14-8-9-15-27/h6-7,10-13,16,21H,4-5,8-9,14-15,17H2,1-3H3,(H,26,28)/t21-/m0/s1. The lowest BCUT2D eigenvalue weighted by Gasteiger charge is -2.41. The number of ether oxygens (including phenoxy) is 1. The average molecular weight is 457 g/mol. The number of carbonyl (C=O) groups is 1. The van der Waals surface area contributed by atoms with Gasteiger partial charge in [-0.15, -0.1) is 0 Å². The van der Waals surface area contributed by atoms with Gasteiger partial charge < -0.3 is 10.1 Å². The van der Waals surface area contributed by atoms with Gasteiger partial charge in [-0.2, -0.15) is 4.31 Å². The number of hydrogen-bond acceptors (Lipinski definition) is 4. The quantitative estimate of drug-likeness (QED) is 0.690. The SMILES string of the molecule is CCC1(CC)C[C@H](NC(=O)c2ccc(C)c(S(=O)(=O)N3CCCC3)c2)c2ccccc2O1. The molecule has 2 aromatic carbocycles. The number of sulfonamides is 1. The normalized spacial score (nSPS) is 20.4. The summed E-state index contributed by atoms with van der Waals surface area (Å²) in [4.78, 5) is 13.5. The highest BCUT2D eigenvalue weighted by Crippen LogP contribution is 2.42. The summed E-state index contributed by atoms with van der Waals surface area (Å²) in [5, 5.41) is 3.16. The number of aryl methyl sites for hydroxylation is 1. The number of nitrogens with one attached hydrogen (secondary N) is 1. The molecular formula is C25H32N2O4S. The Kier molecular flexibility index (Phi) is 6.32. The van der Waals surface area contributed by atoms with Gasteiger partial charge in [-0.05, 0) is 56.4 Å². The van der Waals surface area contributed by atoms with Gasteiger partial charge in [0.25, 0.3) is 5.91 Å². The first-order valence-electron chi connectivity index (χ1n) is 11.5. The van der Waals surface area contributed by atoms with E-state index >= 15 is 0 Å². The lowest BCUT2D eigenvalue weighted by atomic mass is 9.83. The molecule has 172 valence electrons. The molecule has 0 radical (unpaired) electrons. The molecule has 1 saturated heterocycles. The Bertz CT molecular complexity index is 1100. The van der Waals surface area contributed by atoms with Crippen LogP contribution in [0.25, 0.3) is 0 Å². The third kappa shape index (κ3) is 4.16. The van der Waals surface area contributed by atoms with Crippen LogP contribution in [0.4, 0.5) is 0 Å². The summed E-state index contributed by atoms with van der Waals surface area (Å²) >= 11 is 0. The maximum atomic E-state index is 13.3. The van der Waals surface area contributed by atoms with Crippen molar-refractivity contribution in [3.05, 3.63) is 59.2 Å². The molecule has 0 bridgehead atoms. The Morgan fingerprint density at radius 2 is 1.81 bits per heavy atom. The van der Waals surface area contributed by atoms with Gasteiger partial charge in [0.1, 0.15) is 11.4 Å². The van der Waals surface area contributed by atoms with E-state index in [-0.39, 0.29) is 22.4 Å². The molecule has 2 heterocycles. The monoisotopic (exact) mass is 456 g/mol. The molecule has 0 spiro atoms. The highest BCUT2D eigenvalue weighted by atomic mass is 32.2. The number of nitrogens with zero attached hydrogens (tertiary/aromatic N) is 1. The second kappa shape index (κ2) is 8.87. The molecule has 1 atom stereocenters. The smallest absolute Gasteiger partial charge is 0.251 e. The van der Waals surface area contributed by atoms with E-state index in [0.717, 1.165) is 37.0 Å². The summed E-state index contributed by atoms with van der Waals surface area (Å²) in [6, 6.07) is 12.6. The number of hydrogen-bond donors (Lipinski definition) is 1. The van der Waals surface area contributed by atoms with E-state index in [1.54, 1.807) is 19.1 Å².